The Labute approximate surface area is 221 Å². The molecule has 1 aromatic carbocycles. The predicted octanol–water partition coefficient (Wildman–Crippen LogP) is 5.66. The molecule has 0 bridgehead atoms. The first-order chi connectivity index (χ1) is 17.7. The number of likely N-dealkylation sites (tertiary alicyclic amines) is 1. The van der Waals surface area contributed by atoms with Crippen molar-refractivity contribution in [3.8, 4) is 0 Å². The Morgan fingerprint density at radius 1 is 1.03 bits per heavy atom. The van der Waals surface area contributed by atoms with E-state index in [0.717, 1.165) is 61.5 Å². The third-order valence-electron chi connectivity index (χ3n) is 6.91. The molecule has 0 saturated carbocycles. The fourth-order valence-electron chi connectivity index (χ4n) is 5.02. The summed E-state index contributed by atoms with van der Waals surface area (Å²) in [6.45, 7) is 6.94. The number of carbonyl (C=O) groups is 2. The Morgan fingerprint density at radius 3 is 2.41 bits per heavy atom. The second-order valence-electron chi connectivity index (χ2n) is 11.2. The summed E-state index contributed by atoms with van der Waals surface area (Å²) in [5.74, 6) is 0.427. The van der Waals surface area contributed by atoms with Crippen molar-refractivity contribution in [2.45, 2.75) is 109 Å². The fourth-order valence-corrected chi connectivity index (χ4v) is 5.02. The number of para-hydroxylation sites is 1. The highest BCUT2D eigenvalue weighted by Crippen LogP contribution is 2.32. The van der Waals surface area contributed by atoms with Crippen molar-refractivity contribution in [3.05, 3.63) is 36.3 Å². The molecule has 2 aromatic rings. The molecule has 2 unspecified atom stereocenters. The fraction of sp³-hybridized carbons (Fsp3) is 0.655. The molecule has 8 nitrogen and oxygen atoms in total. The van der Waals surface area contributed by atoms with Crippen LogP contribution in [0.3, 0.4) is 0 Å². The number of nitrogens with two attached hydrogens (primary N) is 1. The van der Waals surface area contributed by atoms with Gasteiger partial charge in [-0.2, -0.15) is 0 Å². The summed E-state index contributed by atoms with van der Waals surface area (Å²) >= 11 is 0. The number of nitrogens with one attached hydrogen (secondary N) is 1. The number of carbonyl (C=O) groups excluding carboxylic acids is 2. The van der Waals surface area contributed by atoms with Gasteiger partial charge in [-0.25, -0.2) is 14.8 Å². The standard InChI is InChI=1S/C29H45N5O3/c1-29(2,3)37-28(36)31-18-13-9-7-5-4-6-8-10-16-26(35)34-19-17-22(20-25(34)30)27-23-14-11-12-15-24(23)32-21-33-27/h11-12,14-15,21-22,25H,4-10,13,16-20,30H2,1-3H3,(H,31,36). The maximum Gasteiger partial charge on any atom is 0.407 e. The van der Waals surface area contributed by atoms with Crippen molar-refractivity contribution in [1.82, 2.24) is 20.2 Å². The van der Waals surface area contributed by atoms with Gasteiger partial charge < -0.3 is 20.7 Å². The number of benzene rings is 1. The first kappa shape index (κ1) is 28.8. The van der Waals surface area contributed by atoms with E-state index in [9.17, 15) is 9.59 Å². The van der Waals surface area contributed by atoms with Gasteiger partial charge in [-0.05, 0) is 52.5 Å². The predicted molar refractivity (Wildman–Crippen MR) is 147 cm³/mol. The lowest BCUT2D eigenvalue weighted by atomic mass is 9.89. The lowest BCUT2D eigenvalue weighted by molar-refractivity contribution is -0.135. The molecule has 3 rings (SSSR count). The molecule has 0 aliphatic carbocycles. The first-order valence-corrected chi connectivity index (χ1v) is 14.0. The zero-order valence-corrected chi connectivity index (χ0v) is 22.9. The Kier molecular flexibility index (Phi) is 11.1. The highest BCUT2D eigenvalue weighted by molar-refractivity contribution is 5.81. The largest absolute Gasteiger partial charge is 0.444 e. The van der Waals surface area contributed by atoms with Crippen molar-refractivity contribution in [3.63, 3.8) is 0 Å². The second-order valence-corrected chi connectivity index (χ2v) is 11.2. The van der Waals surface area contributed by atoms with Crippen LogP contribution in [0.2, 0.25) is 0 Å². The number of nitrogens with zero attached hydrogens (tertiary/aromatic N) is 3. The van der Waals surface area contributed by atoms with Crippen LogP contribution in [0.4, 0.5) is 4.79 Å². The van der Waals surface area contributed by atoms with Gasteiger partial charge in [0.15, 0.2) is 0 Å². The molecule has 1 saturated heterocycles. The number of fused-ring (bicyclic) bond motifs is 1. The van der Waals surface area contributed by atoms with Crippen LogP contribution in [0, 0.1) is 0 Å². The number of alkyl carbamates (subject to hydrolysis) is 1. The molecule has 2 heterocycles. The molecule has 0 radical (unpaired) electrons. The summed E-state index contributed by atoms with van der Waals surface area (Å²) < 4.78 is 5.23. The van der Waals surface area contributed by atoms with E-state index in [1.54, 1.807) is 6.33 Å². The number of hydrogen-bond acceptors (Lipinski definition) is 6. The van der Waals surface area contributed by atoms with Crippen LogP contribution in [0.5, 0.6) is 0 Å². The van der Waals surface area contributed by atoms with Crippen LogP contribution in [-0.4, -0.2) is 51.7 Å². The molecular weight excluding hydrogens is 466 g/mol. The Morgan fingerprint density at radius 2 is 1.70 bits per heavy atom. The van der Waals surface area contributed by atoms with Gasteiger partial charge in [-0.15, -0.1) is 0 Å². The molecule has 1 aromatic heterocycles. The van der Waals surface area contributed by atoms with Crippen molar-refractivity contribution in [2.24, 2.45) is 5.73 Å². The Bertz CT molecular complexity index is 1000. The van der Waals surface area contributed by atoms with E-state index in [1.807, 2.05) is 43.9 Å². The van der Waals surface area contributed by atoms with Crippen LogP contribution >= 0.6 is 0 Å². The molecule has 1 aliphatic rings. The van der Waals surface area contributed by atoms with Crippen molar-refractivity contribution >= 4 is 22.9 Å². The summed E-state index contributed by atoms with van der Waals surface area (Å²) in [5.41, 5.74) is 8.00. The molecule has 0 spiro atoms. The van der Waals surface area contributed by atoms with Gasteiger partial charge in [-0.3, -0.25) is 4.79 Å². The summed E-state index contributed by atoms with van der Waals surface area (Å²) in [6, 6.07) is 8.07. The maximum absolute atomic E-state index is 12.8. The average Bonchev–Trinajstić information content (AvgIpc) is 2.85. The van der Waals surface area contributed by atoms with Gasteiger partial charge in [0.1, 0.15) is 11.9 Å². The lowest BCUT2D eigenvalue weighted by Gasteiger charge is -2.37. The van der Waals surface area contributed by atoms with E-state index in [-0.39, 0.29) is 24.1 Å². The molecule has 204 valence electrons. The zero-order valence-electron chi connectivity index (χ0n) is 22.9. The van der Waals surface area contributed by atoms with E-state index < -0.39 is 5.60 Å². The van der Waals surface area contributed by atoms with Gasteiger partial charge in [0.2, 0.25) is 5.91 Å². The van der Waals surface area contributed by atoms with Crippen molar-refractivity contribution in [1.29, 1.82) is 0 Å². The first-order valence-electron chi connectivity index (χ1n) is 14.0. The summed E-state index contributed by atoms with van der Waals surface area (Å²) in [6.07, 6.45) is 12.0. The summed E-state index contributed by atoms with van der Waals surface area (Å²) in [7, 11) is 0. The SMILES string of the molecule is CC(C)(C)OC(=O)NCCCCCCCCCCC(=O)N1CCC(c2ncnc3ccccc23)CC1N. The minimum atomic E-state index is -0.453. The third-order valence-corrected chi connectivity index (χ3v) is 6.91. The zero-order chi connectivity index (χ0) is 26.7. The van der Waals surface area contributed by atoms with Crippen molar-refractivity contribution in [2.75, 3.05) is 13.1 Å². The number of unbranched alkanes of at least 4 members (excludes halogenated alkanes) is 7. The van der Waals surface area contributed by atoms with Gasteiger partial charge in [-0.1, -0.05) is 56.7 Å². The Hall–Kier alpha value is -2.74. The molecule has 37 heavy (non-hydrogen) atoms. The molecule has 3 N–H and O–H groups in total. The Balaban J connectivity index is 1.23. The van der Waals surface area contributed by atoms with E-state index in [4.69, 9.17) is 10.5 Å². The summed E-state index contributed by atoms with van der Waals surface area (Å²) in [4.78, 5) is 35.2. The van der Waals surface area contributed by atoms with Crippen LogP contribution < -0.4 is 11.1 Å². The smallest absolute Gasteiger partial charge is 0.407 e. The van der Waals surface area contributed by atoms with E-state index in [0.29, 0.717) is 19.5 Å². The highest BCUT2D eigenvalue weighted by atomic mass is 16.6. The monoisotopic (exact) mass is 511 g/mol. The van der Waals surface area contributed by atoms with Crippen LogP contribution in [0.25, 0.3) is 10.9 Å². The van der Waals surface area contributed by atoms with Crippen LogP contribution in [0.15, 0.2) is 30.6 Å². The van der Waals surface area contributed by atoms with E-state index in [2.05, 4.69) is 21.4 Å². The quantitative estimate of drug-likeness (QED) is 0.356. The maximum atomic E-state index is 12.8. The second kappa shape index (κ2) is 14.3. The number of rotatable bonds is 12. The minimum Gasteiger partial charge on any atom is -0.444 e. The number of aromatic nitrogens is 2. The molecule has 2 amide bonds. The van der Waals surface area contributed by atoms with E-state index in [1.165, 1.54) is 19.3 Å². The number of hydrogen-bond donors (Lipinski definition) is 2. The summed E-state index contributed by atoms with van der Waals surface area (Å²) in [5, 5.41) is 3.89. The van der Waals surface area contributed by atoms with Crippen LogP contribution in [-0.2, 0) is 9.53 Å². The van der Waals surface area contributed by atoms with E-state index >= 15 is 0 Å². The topological polar surface area (TPSA) is 110 Å². The normalized spacial score (nSPS) is 18.1. The lowest BCUT2D eigenvalue weighted by Crippen LogP contribution is -2.50. The number of amides is 2. The number of ether oxygens (including phenoxy) is 1. The third kappa shape index (κ3) is 9.58. The van der Waals surface area contributed by atoms with Gasteiger partial charge in [0, 0.05) is 30.8 Å². The molecule has 1 fully saturated rings. The molecule has 8 heteroatoms. The average molecular weight is 512 g/mol. The molecule has 2 atom stereocenters. The van der Waals surface area contributed by atoms with Gasteiger partial charge in [0.25, 0.3) is 0 Å². The molecule has 1 aliphatic heterocycles. The molecular formula is C29H45N5O3. The highest BCUT2D eigenvalue weighted by Gasteiger charge is 2.31. The van der Waals surface area contributed by atoms with Gasteiger partial charge in [0.05, 0.1) is 17.4 Å². The minimum absolute atomic E-state index is 0.177. The van der Waals surface area contributed by atoms with Gasteiger partial charge >= 0.3 is 6.09 Å². The van der Waals surface area contributed by atoms with Crippen molar-refractivity contribution < 1.29 is 14.3 Å². The number of piperidine rings is 1. The van der Waals surface area contributed by atoms with Crippen LogP contribution in [0.1, 0.15) is 103 Å².